The Morgan fingerprint density at radius 1 is 1.41 bits per heavy atom. The van der Waals surface area contributed by atoms with E-state index in [2.05, 4.69) is 5.32 Å². The van der Waals surface area contributed by atoms with Crippen molar-refractivity contribution in [3.63, 3.8) is 0 Å². The van der Waals surface area contributed by atoms with Gasteiger partial charge in [-0.1, -0.05) is 6.42 Å². The monoisotopic (exact) mass is 263 g/mol. The van der Waals surface area contributed by atoms with Gasteiger partial charge in [0.25, 0.3) is 0 Å². The quantitative estimate of drug-likeness (QED) is 0.560. The molecule has 1 N–H and O–H groups in total. The number of hydrogen-bond donors (Lipinski definition) is 1. The zero-order valence-electron chi connectivity index (χ0n) is 10.4. The zero-order valence-corrected chi connectivity index (χ0v) is 11.2. The number of nitrogens with one attached hydrogen (secondary N) is 1. The van der Waals surface area contributed by atoms with E-state index in [4.69, 9.17) is 21.1 Å². The van der Waals surface area contributed by atoms with Gasteiger partial charge in [-0.3, -0.25) is 4.79 Å². The molecule has 5 heteroatoms. The molecule has 0 spiro atoms. The molecule has 1 aliphatic carbocycles. The average molecular weight is 264 g/mol. The molecule has 0 aromatic carbocycles. The Hall–Kier alpha value is -0.320. The molecule has 0 bridgehead atoms. The van der Waals surface area contributed by atoms with Crippen molar-refractivity contribution in [2.24, 2.45) is 5.92 Å². The molecule has 100 valence electrons. The van der Waals surface area contributed by atoms with Gasteiger partial charge in [0.15, 0.2) is 0 Å². The Morgan fingerprint density at radius 2 is 2.24 bits per heavy atom. The minimum Gasteiger partial charge on any atom is -0.382 e. The second-order valence-electron chi connectivity index (χ2n) is 4.48. The van der Waals surface area contributed by atoms with Gasteiger partial charge < -0.3 is 14.8 Å². The van der Waals surface area contributed by atoms with E-state index >= 15 is 0 Å². The van der Waals surface area contributed by atoms with Crippen molar-refractivity contribution in [2.45, 2.75) is 31.1 Å². The molecule has 1 fully saturated rings. The summed E-state index contributed by atoms with van der Waals surface area (Å²) in [6.45, 7) is 1.80. The number of methoxy groups -OCH3 is 1. The zero-order chi connectivity index (χ0) is 12.5. The van der Waals surface area contributed by atoms with E-state index in [1.807, 2.05) is 0 Å². The Balaban J connectivity index is 2.02. The van der Waals surface area contributed by atoms with Gasteiger partial charge in [-0.05, 0) is 25.2 Å². The fraction of sp³-hybridized carbons (Fsp3) is 0.917. The molecular formula is C12H22ClNO3. The lowest BCUT2D eigenvalue weighted by atomic mass is 9.89. The average Bonchev–Trinajstić information content (AvgIpc) is 2.32. The van der Waals surface area contributed by atoms with Gasteiger partial charge in [-0.15, -0.1) is 11.6 Å². The van der Waals surface area contributed by atoms with Gasteiger partial charge in [-0.25, -0.2) is 0 Å². The minimum absolute atomic E-state index is 0.0576. The Labute approximate surface area is 108 Å². The first kappa shape index (κ1) is 14.7. The summed E-state index contributed by atoms with van der Waals surface area (Å²) in [5, 5.41) is 3.17. The maximum Gasteiger partial charge on any atom is 0.246 e. The van der Waals surface area contributed by atoms with E-state index in [9.17, 15) is 4.79 Å². The number of rotatable bonds is 7. The van der Waals surface area contributed by atoms with Crippen LogP contribution in [0, 0.1) is 5.92 Å². The molecule has 0 aromatic heterocycles. The number of carbonyl (C=O) groups is 1. The molecular weight excluding hydrogens is 242 g/mol. The summed E-state index contributed by atoms with van der Waals surface area (Å²) in [6, 6.07) is 0. The number of halogens is 1. The van der Waals surface area contributed by atoms with Crippen molar-refractivity contribution in [1.82, 2.24) is 5.32 Å². The molecule has 17 heavy (non-hydrogen) atoms. The molecule has 1 rings (SSSR count). The highest BCUT2D eigenvalue weighted by molar-refractivity contribution is 6.20. The third-order valence-corrected chi connectivity index (χ3v) is 3.37. The first-order valence-electron chi connectivity index (χ1n) is 6.19. The highest BCUT2D eigenvalue weighted by Gasteiger charge is 2.20. The number of amides is 1. The molecule has 2 atom stereocenters. The van der Waals surface area contributed by atoms with Crippen LogP contribution in [0.5, 0.6) is 0 Å². The fourth-order valence-electron chi connectivity index (χ4n) is 2.03. The van der Waals surface area contributed by atoms with Crippen molar-refractivity contribution >= 4 is 17.5 Å². The minimum atomic E-state index is -0.0576. The van der Waals surface area contributed by atoms with Crippen LogP contribution < -0.4 is 5.32 Å². The van der Waals surface area contributed by atoms with Crippen LogP contribution in [0.3, 0.4) is 0 Å². The van der Waals surface area contributed by atoms with Crippen molar-refractivity contribution in [1.29, 1.82) is 0 Å². The topological polar surface area (TPSA) is 47.6 Å². The van der Waals surface area contributed by atoms with Crippen LogP contribution in [-0.2, 0) is 14.3 Å². The van der Waals surface area contributed by atoms with Crippen LogP contribution in [0.1, 0.15) is 25.7 Å². The van der Waals surface area contributed by atoms with E-state index in [0.29, 0.717) is 19.1 Å². The standard InChI is InChI=1S/C12H22ClNO3/c1-16-5-6-17-9-12(15)14-8-10-3-2-4-11(13)7-10/h10-11H,2-9H2,1H3,(H,14,15). The summed E-state index contributed by atoms with van der Waals surface area (Å²) in [5.41, 5.74) is 0. The summed E-state index contributed by atoms with van der Waals surface area (Å²) in [5.74, 6) is 0.465. The summed E-state index contributed by atoms with van der Waals surface area (Å²) in [6.07, 6.45) is 4.44. The SMILES string of the molecule is COCCOCC(=O)NCC1CCCC(Cl)C1. The van der Waals surface area contributed by atoms with Gasteiger partial charge in [0.1, 0.15) is 6.61 Å². The van der Waals surface area contributed by atoms with Crippen molar-refractivity contribution in [3.8, 4) is 0 Å². The molecule has 0 aromatic rings. The smallest absolute Gasteiger partial charge is 0.246 e. The molecule has 0 saturated heterocycles. The van der Waals surface area contributed by atoms with Crippen LogP contribution in [0.15, 0.2) is 0 Å². The molecule has 0 aliphatic heterocycles. The van der Waals surface area contributed by atoms with Crippen molar-refractivity contribution in [2.75, 3.05) is 33.5 Å². The maximum absolute atomic E-state index is 11.4. The normalized spacial score (nSPS) is 24.6. The predicted molar refractivity (Wildman–Crippen MR) is 67.3 cm³/mol. The van der Waals surface area contributed by atoms with Crippen LogP contribution in [0.2, 0.25) is 0 Å². The number of alkyl halides is 1. The molecule has 4 nitrogen and oxygen atoms in total. The molecule has 2 unspecified atom stereocenters. The molecule has 0 heterocycles. The van der Waals surface area contributed by atoms with E-state index in [1.54, 1.807) is 7.11 Å². The Bertz CT molecular complexity index is 226. The summed E-state index contributed by atoms with van der Waals surface area (Å²) in [7, 11) is 1.61. The van der Waals surface area contributed by atoms with Crippen molar-refractivity contribution in [3.05, 3.63) is 0 Å². The number of carbonyl (C=O) groups excluding carboxylic acids is 1. The largest absolute Gasteiger partial charge is 0.382 e. The van der Waals surface area contributed by atoms with Crippen LogP contribution in [0.4, 0.5) is 0 Å². The third-order valence-electron chi connectivity index (χ3n) is 2.97. The lowest BCUT2D eigenvalue weighted by Crippen LogP contribution is -2.34. The summed E-state index contributed by atoms with van der Waals surface area (Å²) in [4.78, 5) is 11.4. The van der Waals surface area contributed by atoms with Gasteiger partial charge in [0.2, 0.25) is 5.91 Å². The second-order valence-corrected chi connectivity index (χ2v) is 5.10. The molecule has 1 saturated carbocycles. The highest BCUT2D eigenvalue weighted by atomic mass is 35.5. The van der Waals surface area contributed by atoms with E-state index in [1.165, 1.54) is 6.42 Å². The number of hydrogen-bond acceptors (Lipinski definition) is 3. The van der Waals surface area contributed by atoms with Crippen LogP contribution in [-0.4, -0.2) is 44.8 Å². The lowest BCUT2D eigenvalue weighted by molar-refractivity contribution is -0.126. The molecule has 1 amide bonds. The van der Waals surface area contributed by atoms with Gasteiger partial charge in [0, 0.05) is 19.0 Å². The van der Waals surface area contributed by atoms with E-state index in [0.717, 1.165) is 25.8 Å². The maximum atomic E-state index is 11.4. The van der Waals surface area contributed by atoms with E-state index < -0.39 is 0 Å². The summed E-state index contributed by atoms with van der Waals surface area (Å²) >= 11 is 6.09. The second kappa shape index (κ2) is 8.72. The molecule has 1 aliphatic rings. The lowest BCUT2D eigenvalue weighted by Gasteiger charge is -2.25. The number of ether oxygens (including phenoxy) is 2. The third kappa shape index (κ3) is 6.86. The Morgan fingerprint density at radius 3 is 2.94 bits per heavy atom. The van der Waals surface area contributed by atoms with Gasteiger partial charge >= 0.3 is 0 Å². The van der Waals surface area contributed by atoms with Gasteiger partial charge in [-0.2, -0.15) is 0 Å². The first-order valence-corrected chi connectivity index (χ1v) is 6.63. The fourth-order valence-corrected chi connectivity index (χ4v) is 2.43. The predicted octanol–water partition coefficient (Wildman–Crippen LogP) is 1.56. The van der Waals surface area contributed by atoms with Crippen LogP contribution >= 0.6 is 11.6 Å². The van der Waals surface area contributed by atoms with Gasteiger partial charge in [0.05, 0.1) is 13.2 Å². The van der Waals surface area contributed by atoms with Crippen molar-refractivity contribution < 1.29 is 14.3 Å². The first-order chi connectivity index (χ1) is 8.22. The molecule has 0 radical (unpaired) electrons. The highest BCUT2D eigenvalue weighted by Crippen LogP contribution is 2.27. The van der Waals surface area contributed by atoms with E-state index in [-0.39, 0.29) is 17.9 Å². The Kier molecular flexibility index (Phi) is 7.56. The summed E-state index contributed by atoms with van der Waals surface area (Å²) < 4.78 is 9.95. The van der Waals surface area contributed by atoms with Crippen LogP contribution in [0.25, 0.3) is 0 Å².